The summed E-state index contributed by atoms with van der Waals surface area (Å²) in [5.74, 6) is 0. The van der Waals surface area contributed by atoms with E-state index in [9.17, 15) is 4.79 Å². The third-order valence-corrected chi connectivity index (χ3v) is 2.34. The molecule has 0 fully saturated rings. The van der Waals surface area contributed by atoms with Crippen molar-refractivity contribution in [3.05, 3.63) is 36.0 Å². The van der Waals surface area contributed by atoms with E-state index >= 15 is 0 Å². The Kier molecular flexibility index (Phi) is 5.73. The van der Waals surface area contributed by atoms with Crippen LogP contribution in [-0.4, -0.2) is 6.29 Å². The molecule has 0 bridgehead atoms. The van der Waals surface area contributed by atoms with E-state index in [1.165, 1.54) is 0 Å². The molecule has 14 heavy (non-hydrogen) atoms. The second-order valence-corrected chi connectivity index (χ2v) is 3.54. The Morgan fingerprint density at radius 2 is 1.71 bits per heavy atom. The Morgan fingerprint density at radius 1 is 1.00 bits per heavy atom. The van der Waals surface area contributed by atoms with E-state index in [-0.39, 0.29) is 0 Å². The van der Waals surface area contributed by atoms with Crippen molar-refractivity contribution in [1.82, 2.24) is 0 Å². The van der Waals surface area contributed by atoms with Gasteiger partial charge in [0.1, 0.15) is 6.29 Å². The van der Waals surface area contributed by atoms with Gasteiger partial charge >= 0.3 is 0 Å². The van der Waals surface area contributed by atoms with Gasteiger partial charge in [-0.05, 0) is 44.1 Å². The van der Waals surface area contributed by atoms with Gasteiger partial charge in [0, 0.05) is 0 Å². The lowest BCUT2D eigenvalue weighted by molar-refractivity contribution is -0.105. The van der Waals surface area contributed by atoms with Crippen molar-refractivity contribution in [2.24, 2.45) is 0 Å². The summed E-state index contributed by atoms with van der Waals surface area (Å²) in [6.45, 7) is 0. The van der Waals surface area contributed by atoms with E-state index in [0.29, 0.717) is 0 Å². The first kappa shape index (κ1) is 11.0. The number of hydrogen-bond acceptors (Lipinski definition) is 1. The van der Waals surface area contributed by atoms with Crippen molar-refractivity contribution in [3.8, 4) is 0 Å². The zero-order chi connectivity index (χ0) is 10.1. The average Bonchev–Trinajstić information content (AvgIpc) is 2.19. The minimum atomic E-state index is 0.901. The summed E-state index contributed by atoms with van der Waals surface area (Å²) in [6, 6.07) is 0. The molecule has 76 valence electrons. The average molecular weight is 190 g/mol. The monoisotopic (exact) mass is 190 g/mol. The fourth-order valence-corrected chi connectivity index (χ4v) is 1.49. The fourth-order valence-electron chi connectivity index (χ4n) is 1.49. The zero-order valence-corrected chi connectivity index (χ0v) is 8.61. The van der Waals surface area contributed by atoms with Gasteiger partial charge in [-0.2, -0.15) is 0 Å². The van der Waals surface area contributed by atoms with Gasteiger partial charge in [0.05, 0.1) is 0 Å². The Balaban J connectivity index is 2.51. The number of allylic oxidation sites excluding steroid dienone is 6. The third kappa shape index (κ3) is 4.80. The maximum atomic E-state index is 10.7. The molecular weight excluding hydrogens is 172 g/mol. The van der Waals surface area contributed by atoms with Crippen LogP contribution < -0.4 is 0 Å². The van der Waals surface area contributed by atoms with Crippen molar-refractivity contribution < 1.29 is 4.79 Å². The maximum absolute atomic E-state index is 10.7. The van der Waals surface area contributed by atoms with E-state index in [2.05, 4.69) is 24.3 Å². The Hall–Kier alpha value is -1.11. The molecule has 0 aromatic rings. The normalized spacial score (nSPS) is 19.3. The molecule has 0 unspecified atom stereocenters. The molecular formula is C13H18O. The van der Waals surface area contributed by atoms with Gasteiger partial charge in [0.25, 0.3) is 0 Å². The molecule has 0 amide bonds. The molecule has 0 spiro atoms. The summed E-state index contributed by atoms with van der Waals surface area (Å²) in [6.07, 6.45) is 18.1. The van der Waals surface area contributed by atoms with Gasteiger partial charge in [-0.25, -0.2) is 0 Å². The first-order chi connectivity index (χ1) is 6.93. The molecule has 0 aromatic heterocycles. The first-order valence-corrected chi connectivity index (χ1v) is 5.37. The van der Waals surface area contributed by atoms with E-state index in [1.807, 2.05) is 6.08 Å². The van der Waals surface area contributed by atoms with Crippen LogP contribution in [0, 0.1) is 0 Å². The second kappa shape index (κ2) is 7.31. The Labute approximate surface area is 86.2 Å². The summed E-state index contributed by atoms with van der Waals surface area (Å²) in [5, 5.41) is 0. The summed E-state index contributed by atoms with van der Waals surface area (Å²) in [5.41, 5.74) is 0.948. The van der Waals surface area contributed by atoms with E-state index in [1.54, 1.807) is 0 Å². The molecule has 1 aliphatic carbocycles. The molecule has 0 radical (unpaired) electrons. The lowest BCUT2D eigenvalue weighted by Crippen LogP contribution is -1.85. The maximum Gasteiger partial charge on any atom is 0.145 e. The standard InChI is InChI=1S/C13H18O/c14-12-13-10-8-6-4-2-1-3-5-7-9-11-13/h2,4-5,7,11-12H,1,3,6,8-10H2. The highest BCUT2D eigenvalue weighted by Crippen LogP contribution is 2.09. The van der Waals surface area contributed by atoms with Crippen LogP contribution in [0.2, 0.25) is 0 Å². The van der Waals surface area contributed by atoms with Crippen LogP contribution in [0.4, 0.5) is 0 Å². The Bertz CT molecular complexity index is 246. The lowest BCUT2D eigenvalue weighted by Gasteiger charge is -1.98. The topological polar surface area (TPSA) is 17.1 Å². The van der Waals surface area contributed by atoms with Crippen LogP contribution in [0.3, 0.4) is 0 Å². The number of hydrogen-bond donors (Lipinski definition) is 0. The predicted molar refractivity (Wildman–Crippen MR) is 60.1 cm³/mol. The van der Waals surface area contributed by atoms with E-state index in [0.717, 1.165) is 50.4 Å². The quantitative estimate of drug-likeness (QED) is 0.456. The van der Waals surface area contributed by atoms with Crippen molar-refractivity contribution in [1.29, 1.82) is 0 Å². The van der Waals surface area contributed by atoms with Gasteiger partial charge in [-0.15, -0.1) is 0 Å². The molecule has 0 atom stereocenters. The number of carbonyl (C=O) groups is 1. The highest BCUT2D eigenvalue weighted by molar-refractivity contribution is 5.72. The largest absolute Gasteiger partial charge is 0.298 e. The van der Waals surface area contributed by atoms with Crippen molar-refractivity contribution >= 4 is 6.29 Å². The minimum Gasteiger partial charge on any atom is -0.298 e. The van der Waals surface area contributed by atoms with E-state index in [4.69, 9.17) is 0 Å². The third-order valence-electron chi connectivity index (χ3n) is 2.34. The van der Waals surface area contributed by atoms with Crippen molar-refractivity contribution in [3.63, 3.8) is 0 Å². The fraction of sp³-hybridized carbons (Fsp3) is 0.462. The smallest absolute Gasteiger partial charge is 0.145 e. The summed E-state index contributed by atoms with van der Waals surface area (Å²) in [7, 11) is 0. The van der Waals surface area contributed by atoms with E-state index < -0.39 is 0 Å². The van der Waals surface area contributed by atoms with Crippen LogP contribution >= 0.6 is 0 Å². The molecule has 0 saturated heterocycles. The predicted octanol–water partition coefficient (Wildman–Crippen LogP) is 3.58. The van der Waals surface area contributed by atoms with Crippen LogP contribution in [-0.2, 0) is 4.79 Å². The molecule has 0 heterocycles. The first-order valence-electron chi connectivity index (χ1n) is 5.37. The molecule has 1 rings (SSSR count). The van der Waals surface area contributed by atoms with Crippen molar-refractivity contribution in [2.75, 3.05) is 0 Å². The summed E-state index contributed by atoms with van der Waals surface area (Å²) in [4.78, 5) is 10.7. The Morgan fingerprint density at radius 3 is 2.50 bits per heavy atom. The summed E-state index contributed by atoms with van der Waals surface area (Å²) < 4.78 is 0. The highest BCUT2D eigenvalue weighted by atomic mass is 16.1. The molecule has 0 saturated carbocycles. The molecule has 0 aromatic carbocycles. The second-order valence-electron chi connectivity index (χ2n) is 3.54. The van der Waals surface area contributed by atoms with Gasteiger partial charge in [0.15, 0.2) is 0 Å². The SMILES string of the molecule is O=CC1=CCC=CCCC=CCCC1. The van der Waals surface area contributed by atoms with Gasteiger partial charge in [0.2, 0.25) is 0 Å². The molecule has 1 heteroatoms. The number of carbonyl (C=O) groups excluding carboxylic acids is 1. The van der Waals surface area contributed by atoms with Crippen LogP contribution in [0.1, 0.15) is 38.5 Å². The van der Waals surface area contributed by atoms with Crippen LogP contribution in [0.25, 0.3) is 0 Å². The molecule has 1 nitrogen and oxygen atoms in total. The number of rotatable bonds is 1. The van der Waals surface area contributed by atoms with Gasteiger partial charge < -0.3 is 0 Å². The molecule has 0 aliphatic heterocycles. The molecule has 0 N–H and O–H groups in total. The number of aldehydes is 1. The molecule has 1 aliphatic rings. The summed E-state index contributed by atoms with van der Waals surface area (Å²) >= 11 is 0. The lowest BCUT2D eigenvalue weighted by atomic mass is 10.1. The van der Waals surface area contributed by atoms with Crippen LogP contribution in [0.5, 0.6) is 0 Å². The van der Waals surface area contributed by atoms with Crippen LogP contribution in [0.15, 0.2) is 36.0 Å². The highest BCUT2D eigenvalue weighted by Gasteiger charge is 1.94. The minimum absolute atomic E-state index is 0.901. The van der Waals surface area contributed by atoms with Crippen molar-refractivity contribution in [2.45, 2.75) is 38.5 Å². The zero-order valence-electron chi connectivity index (χ0n) is 8.61. The van der Waals surface area contributed by atoms with Gasteiger partial charge in [-0.3, -0.25) is 4.79 Å². The van der Waals surface area contributed by atoms with Gasteiger partial charge in [-0.1, -0.05) is 30.4 Å².